The molecule has 1 aliphatic heterocycles. The van der Waals surface area contributed by atoms with Crippen LogP contribution in [0.4, 0.5) is 21.5 Å². The number of rotatable bonds is 2. The van der Waals surface area contributed by atoms with E-state index in [2.05, 4.69) is 0 Å². The van der Waals surface area contributed by atoms with Gasteiger partial charge in [-0.1, -0.05) is 12.1 Å². The molecule has 96 valence electrons. The lowest BCUT2D eigenvalue weighted by molar-refractivity contribution is -0.384. The van der Waals surface area contributed by atoms with Crippen LogP contribution in [0.2, 0.25) is 0 Å². The zero-order chi connectivity index (χ0) is 13.4. The van der Waals surface area contributed by atoms with Crippen LogP contribution >= 0.6 is 0 Å². The smallest absolute Gasteiger partial charge is 0.271 e. The van der Waals surface area contributed by atoms with E-state index in [9.17, 15) is 14.5 Å². The van der Waals surface area contributed by atoms with Gasteiger partial charge < -0.3 is 4.90 Å². The summed E-state index contributed by atoms with van der Waals surface area (Å²) < 4.78 is 13.3. The first kappa shape index (κ1) is 11.6. The maximum atomic E-state index is 13.3. The Labute approximate surface area is 109 Å². The Morgan fingerprint density at radius 1 is 1.21 bits per heavy atom. The molecule has 0 radical (unpaired) electrons. The molecule has 0 saturated heterocycles. The Kier molecular flexibility index (Phi) is 2.67. The van der Waals surface area contributed by atoms with E-state index in [-0.39, 0.29) is 11.5 Å². The van der Waals surface area contributed by atoms with Gasteiger partial charge in [-0.2, -0.15) is 0 Å². The molecule has 0 amide bonds. The van der Waals surface area contributed by atoms with Crippen molar-refractivity contribution < 1.29 is 9.31 Å². The molecule has 19 heavy (non-hydrogen) atoms. The Hall–Kier alpha value is -2.43. The van der Waals surface area contributed by atoms with Crippen molar-refractivity contribution in [1.29, 1.82) is 0 Å². The molecular formula is C14H11FN2O2. The van der Waals surface area contributed by atoms with Gasteiger partial charge in [-0.05, 0) is 30.2 Å². The molecule has 2 aromatic rings. The highest BCUT2D eigenvalue weighted by molar-refractivity contribution is 5.72. The summed E-state index contributed by atoms with van der Waals surface area (Å²) in [4.78, 5) is 12.3. The molecule has 4 nitrogen and oxygen atoms in total. The minimum Gasteiger partial charge on any atom is -0.341 e. The van der Waals surface area contributed by atoms with Crippen LogP contribution in [0.25, 0.3) is 0 Å². The van der Waals surface area contributed by atoms with Gasteiger partial charge in [-0.25, -0.2) is 4.39 Å². The first-order chi connectivity index (χ1) is 9.15. The van der Waals surface area contributed by atoms with Crippen LogP contribution in [-0.4, -0.2) is 11.5 Å². The molecule has 0 saturated carbocycles. The fourth-order valence-electron chi connectivity index (χ4n) is 2.39. The van der Waals surface area contributed by atoms with Crippen molar-refractivity contribution in [3.05, 3.63) is 64.0 Å². The van der Waals surface area contributed by atoms with Crippen molar-refractivity contribution in [1.82, 2.24) is 0 Å². The number of fused-ring (bicyclic) bond motifs is 1. The highest BCUT2D eigenvalue weighted by atomic mass is 19.1. The molecule has 0 fully saturated rings. The van der Waals surface area contributed by atoms with Crippen LogP contribution in [0.3, 0.4) is 0 Å². The van der Waals surface area contributed by atoms with Crippen molar-refractivity contribution >= 4 is 17.1 Å². The molecule has 0 spiro atoms. The van der Waals surface area contributed by atoms with Crippen molar-refractivity contribution in [2.45, 2.75) is 6.42 Å². The van der Waals surface area contributed by atoms with Crippen LogP contribution in [0.15, 0.2) is 42.5 Å². The van der Waals surface area contributed by atoms with E-state index in [0.29, 0.717) is 6.54 Å². The van der Waals surface area contributed by atoms with Gasteiger partial charge in [-0.3, -0.25) is 10.1 Å². The minimum absolute atomic E-state index is 0.0575. The lowest BCUT2D eigenvalue weighted by Gasteiger charge is -2.19. The van der Waals surface area contributed by atoms with E-state index in [1.165, 1.54) is 18.2 Å². The monoisotopic (exact) mass is 258 g/mol. The van der Waals surface area contributed by atoms with Crippen molar-refractivity contribution in [3.63, 3.8) is 0 Å². The third-order valence-electron chi connectivity index (χ3n) is 3.30. The maximum Gasteiger partial charge on any atom is 0.271 e. The number of nitrogens with zero attached hydrogens (tertiary/aromatic N) is 2. The summed E-state index contributed by atoms with van der Waals surface area (Å²) in [6.45, 7) is 0.708. The lowest BCUT2D eigenvalue weighted by Crippen LogP contribution is -2.13. The number of benzene rings is 2. The zero-order valence-electron chi connectivity index (χ0n) is 10.0. The molecule has 0 N–H and O–H groups in total. The van der Waals surface area contributed by atoms with Crippen LogP contribution < -0.4 is 4.90 Å². The topological polar surface area (TPSA) is 46.4 Å². The van der Waals surface area contributed by atoms with Gasteiger partial charge in [0.25, 0.3) is 5.69 Å². The molecule has 3 rings (SSSR count). The normalized spacial score (nSPS) is 13.4. The third kappa shape index (κ3) is 2.03. The predicted octanol–water partition coefficient (Wildman–Crippen LogP) is 3.43. The summed E-state index contributed by atoms with van der Waals surface area (Å²) in [5, 5.41) is 10.8. The molecule has 0 aromatic heterocycles. The van der Waals surface area contributed by atoms with E-state index in [0.717, 1.165) is 23.4 Å². The Morgan fingerprint density at radius 3 is 2.79 bits per heavy atom. The zero-order valence-corrected chi connectivity index (χ0v) is 10.0. The summed E-state index contributed by atoms with van der Waals surface area (Å²) in [6, 6.07) is 11.1. The average Bonchev–Trinajstić information content (AvgIpc) is 2.81. The van der Waals surface area contributed by atoms with Gasteiger partial charge in [0.2, 0.25) is 0 Å². The van der Waals surface area contributed by atoms with Gasteiger partial charge in [0, 0.05) is 24.4 Å². The molecule has 0 aliphatic carbocycles. The molecule has 0 atom stereocenters. The summed E-state index contributed by atoms with van der Waals surface area (Å²) in [7, 11) is 0. The maximum absolute atomic E-state index is 13.3. The fraction of sp³-hybridized carbons (Fsp3) is 0.143. The quantitative estimate of drug-likeness (QED) is 0.612. The van der Waals surface area contributed by atoms with E-state index >= 15 is 0 Å². The molecule has 2 aromatic carbocycles. The Balaban J connectivity index is 2.05. The number of non-ortho nitro benzene ring substituents is 1. The van der Waals surface area contributed by atoms with Crippen LogP contribution in [0.5, 0.6) is 0 Å². The van der Waals surface area contributed by atoms with E-state index in [1.54, 1.807) is 24.3 Å². The van der Waals surface area contributed by atoms with E-state index < -0.39 is 4.92 Å². The van der Waals surface area contributed by atoms with Gasteiger partial charge in [0.1, 0.15) is 5.82 Å². The van der Waals surface area contributed by atoms with E-state index in [1.807, 2.05) is 4.90 Å². The second kappa shape index (κ2) is 4.35. The average molecular weight is 258 g/mol. The number of nitro benzene ring substituents is 1. The van der Waals surface area contributed by atoms with Gasteiger partial charge in [0.15, 0.2) is 0 Å². The second-order valence-corrected chi connectivity index (χ2v) is 4.45. The number of anilines is 2. The van der Waals surface area contributed by atoms with Crippen molar-refractivity contribution in [2.24, 2.45) is 0 Å². The van der Waals surface area contributed by atoms with E-state index in [4.69, 9.17) is 0 Å². The lowest BCUT2D eigenvalue weighted by atomic mass is 10.1. The highest BCUT2D eigenvalue weighted by Gasteiger charge is 2.23. The molecule has 0 unspecified atom stereocenters. The summed E-state index contributed by atoms with van der Waals surface area (Å²) in [5.74, 6) is -0.309. The molecule has 1 aliphatic rings. The number of hydrogen-bond acceptors (Lipinski definition) is 3. The first-order valence-electron chi connectivity index (χ1n) is 5.95. The van der Waals surface area contributed by atoms with Gasteiger partial charge >= 0.3 is 0 Å². The highest BCUT2D eigenvalue weighted by Crippen LogP contribution is 2.36. The second-order valence-electron chi connectivity index (χ2n) is 4.45. The summed E-state index contributed by atoms with van der Waals surface area (Å²) in [6.07, 6.45) is 0.809. The summed E-state index contributed by atoms with van der Waals surface area (Å²) >= 11 is 0. The molecule has 0 bridgehead atoms. The molecule has 5 heteroatoms. The van der Waals surface area contributed by atoms with Crippen LogP contribution in [0, 0.1) is 15.9 Å². The predicted molar refractivity (Wildman–Crippen MR) is 70.2 cm³/mol. The SMILES string of the molecule is O=[N+]([O-])c1ccc2c(c1)N(c1cccc(F)c1)CC2. The Bertz CT molecular complexity index is 658. The first-order valence-corrected chi connectivity index (χ1v) is 5.95. The third-order valence-corrected chi connectivity index (χ3v) is 3.30. The van der Waals surface area contributed by atoms with Crippen LogP contribution in [-0.2, 0) is 6.42 Å². The standard InChI is InChI=1S/C14H11FN2O2/c15-11-2-1-3-12(8-11)16-7-6-10-4-5-13(17(18)19)9-14(10)16/h1-5,8-9H,6-7H2. The largest absolute Gasteiger partial charge is 0.341 e. The number of nitro groups is 1. The molecule has 1 heterocycles. The van der Waals surface area contributed by atoms with Gasteiger partial charge in [-0.15, -0.1) is 0 Å². The van der Waals surface area contributed by atoms with Crippen molar-refractivity contribution in [3.8, 4) is 0 Å². The number of halogens is 1. The summed E-state index contributed by atoms with van der Waals surface area (Å²) in [5.41, 5.74) is 2.62. The minimum atomic E-state index is -0.414. The Morgan fingerprint density at radius 2 is 2.05 bits per heavy atom. The van der Waals surface area contributed by atoms with Gasteiger partial charge in [0.05, 0.1) is 10.6 Å². The van der Waals surface area contributed by atoms with Crippen LogP contribution in [0.1, 0.15) is 5.56 Å². The fourth-order valence-corrected chi connectivity index (χ4v) is 2.39. The van der Waals surface area contributed by atoms with Crippen molar-refractivity contribution in [2.75, 3.05) is 11.4 Å². The number of hydrogen-bond donors (Lipinski definition) is 0. The molecular weight excluding hydrogens is 247 g/mol.